The minimum atomic E-state index is -0.697. The van der Waals surface area contributed by atoms with E-state index in [1.165, 1.54) is 0 Å². The van der Waals surface area contributed by atoms with Crippen LogP contribution in [-0.4, -0.2) is 21.8 Å². The summed E-state index contributed by atoms with van der Waals surface area (Å²) in [5.74, 6) is 0.267. The molecule has 0 fully saturated rings. The van der Waals surface area contributed by atoms with Crippen LogP contribution >= 0.6 is 0 Å². The zero-order chi connectivity index (χ0) is 19.4. The second-order valence-corrected chi connectivity index (χ2v) is 6.18. The average molecular weight is 360 g/mol. The first-order valence-corrected chi connectivity index (χ1v) is 8.59. The number of nitrogens with zero attached hydrogens (tertiary/aromatic N) is 3. The van der Waals surface area contributed by atoms with Crippen molar-refractivity contribution in [2.75, 3.05) is 5.32 Å². The number of rotatable bonds is 5. The number of benzene rings is 2. The maximum absolute atomic E-state index is 12.6. The third-order valence-electron chi connectivity index (χ3n) is 4.21. The van der Waals surface area contributed by atoms with Crippen LogP contribution < -0.4 is 10.1 Å². The van der Waals surface area contributed by atoms with Gasteiger partial charge in [0.25, 0.3) is 5.91 Å². The van der Waals surface area contributed by atoms with Crippen LogP contribution in [-0.2, 0) is 4.79 Å². The number of anilines is 1. The summed E-state index contributed by atoms with van der Waals surface area (Å²) in [7, 11) is 0. The van der Waals surface area contributed by atoms with Gasteiger partial charge in [-0.05, 0) is 57.2 Å². The van der Waals surface area contributed by atoms with Crippen molar-refractivity contribution in [2.24, 2.45) is 0 Å². The van der Waals surface area contributed by atoms with Crippen LogP contribution in [0.4, 0.5) is 5.69 Å². The van der Waals surface area contributed by atoms with Crippen LogP contribution in [0.15, 0.2) is 54.6 Å². The number of amides is 1. The Labute approximate surface area is 158 Å². The number of carbonyl (C=O) groups excluding carboxylic acids is 1. The predicted molar refractivity (Wildman–Crippen MR) is 103 cm³/mol. The quantitative estimate of drug-likeness (QED) is 0.751. The fraction of sp³-hybridized carbons (Fsp3) is 0.190. The molecule has 0 radical (unpaired) electrons. The van der Waals surface area contributed by atoms with Crippen molar-refractivity contribution in [2.45, 2.75) is 26.9 Å². The summed E-state index contributed by atoms with van der Waals surface area (Å²) in [4.78, 5) is 12.6. The van der Waals surface area contributed by atoms with Crippen molar-refractivity contribution in [1.82, 2.24) is 9.78 Å². The van der Waals surface area contributed by atoms with Gasteiger partial charge in [0.1, 0.15) is 5.75 Å². The van der Waals surface area contributed by atoms with E-state index < -0.39 is 6.10 Å². The van der Waals surface area contributed by atoms with E-state index in [-0.39, 0.29) is 5.91 Å². The summed E-state index contributed by atoms with van der Waals surface area (Å²) in [6.07, 6.45) is -0.697. The molecular formula is C21H20N4O2. The summed E-state index contributed by atoms with van der Waals surface area (Å²) < 4.78 is 7.47. The second kappa shape index (κ2) is 7.75. The Hall–Kier alpha value is -3.59. The van der Waals surface area contributed by atoms with Crippen LogP contribution in [0, 0.1) is 25.2 Å². The zero-order valence-electron chi connectivity index (χ0n) is 15.4. The molecule has 1 atom stereocenters. The summed E-state index contributed by atoms with van der Waals surface area (Å²) >= 11 is 0. The Kier molecular flexibility index (Phi) is 5.23. The lowest BCUT2D eigenvalue weighted by Crippen LogP contribution is -2.30. The fourth-order valence-electron chi connectivity index (χ4n) is 2.73. The van der Waals surface area contributed by atoms with E-state index in [1.807, 2.05) is 50.2 Å². The molecule has 1 amide bonds. The molecule has 136 valence electrons. The topological polar surface area (TPSA) is 79.9 Å². The first-order chi connectivity index (χ1) is 13.0. The minimum Gasteiger partial charge on any atom is -0.481 e. The molecular weight excluding hydrogens is 340 g/mol. The van der Waals surface area contributed by atoms with Gasteiger partial charge in [-0.25, -0.2) is 4.68 Å². The molecule has 0 saturated carbocycles. The number of para-hydroxylation sites is 1. The maximum atomic E-state index is 12.6. The van der Waals surface area contributed by atoms with Crippen LogP contribution in [0.1, 0.15) is 23.9 Å². The number of carbonyl (C=O) groups is 1. The number of ether oxygens (including phenoxy) is 1. The second-order valence-electron chi connectivity index (χ2n) is 6.18. The van der Waals surface area contributed by atoms with Gasteiger partial charge in [0.2, 0.25) is 0 Å². The molecule has 3 aromatic rings. The van der Waals surface area contributed by atoms with Crippen LogP contribution in [0.3, 0.4) is 0 Å². The standard InChI is InChI=1S/C21H20N4O2/c1-14-20(15(2)25(24-14)18-7-5-4-6-8-18)23-21(26)16(3)27-19-11-9-17(13-22)10-12-19/h4-12,16H,1-3H3,(H,23,26). The van der Waals surface area contributed by atoms with E-state index in [2.05, 4.69) is 10.4 Å². The molecule has 0 aliphatic rings. The van der Waals surface area contributed by atoms with E-state index in [0.717, 1.165) is 17.1 Å². The molecule has 0 bridgehead atoms. The normalized spacial score (nSPS) is 11.5. The average Bonchev–Trinajstić information content (AvgIpc) is 2.97. The van der Waals surface area contributed by atoms with Crippen molar-refractivity contribution in [3.05, 3.63) is 71.5 Å². The highest BCUT2D eigenvalue weighted by atomic mass is 16.5. The van der Waals surface area contributed by atoms with Gasteiger partial charge in [0.05, 0.1) is 34.4 Å². The van der Waals surface area contributed by atoms with E-state index >= 15 is 0 Å². The fourth-order valence-corrected chi connectivity index (χ4v) is 2.73. The Morgan fingerprint density at radius 1 is 1.15 bits per heavy atom. The van der Waals surface area contributed by atoms with Crippen molar-refractivity contribution in [1.29, 1.82) is 5.26 Å². The molecule has 0 aliphatic carbocycles. The summed E-state index contributed by atoms with van der Waals surface area (Å²) in [5, 5.41) is 16.3. The summed E-state index contributed by atoms with van der Waals surface area (Å²) in [6.45, 7) is 5.45. The Morgan fingerprint density at radius 2 is 1.81 bits per heavy atom. The number of nitriles is 1. The van der Waals surface area contributed by atoms with Gasteiger partial charge in [-0.1, -0.05) is 18.2 Å². The molecule has 1 heterocycles. The van der Waals surface area contributed by atoms with Gasteiger partial charge in [-0.3, -0.25) is 4.79 Å². The number of hydrogen-bond acceptors (Lipinski definition) is 4. The molecule has 1 N–H and O–H groups in total. The Bertz CT molecular complexity index is 986. The summed E-state index contributed by atoms with van der Waals surface area (Å²) in [6, 6.07) is 18.4. The van der Waals surface area contributed by atoms with Gasteiger partial charge in [-0.15, -0.1) is 0 Å². The lowest BCUT2D eigenvalue weighted by molar-refractivity contribution is -0.122. The monoisotopic (exact) mass is 360 g/mol. The van der Waals surface area contributed by atoms with E-state index in [4.69, 9.17) is 10.00 Å². The smallest absolute Gasteiger partial charge is 0.265 e. The van der Waals surface area contributed by atoms with E-state index in [1.54, 1.807) is 35.9 Å². The van der Waals surface area contributed by atoms with E-state index in [9.17, 15) is 4.79 Å². The van der Waals surface area contributed by atoms with Gasteiger partial charge < -0.3 is 10.1 Å². The molecule has 6 nitrogen and oxygen atoms in total. The lowest BCUT2D eigenvalue weighted by atomic mass is 10.2. The largest absolute Gasteiger partial charge is 0.481 e. The molecule has 6 heteroatoms. The molecule has 0 aliphatic heterocycles. The molecule has 27 heavy (non-hydrogen) atoms. The number of aryl methyl sites for hydroxylation is 1. The SMILES string of the molecule is Cc1nn(-c2ccccc2)c(C)c1NC(=O)C(C)Oc1ccc(C#N)cc1. The third-order valence-corrected chi connectivity index (χ3v) is 4.21. The highest BCUT2D eigenvalue weighted by Crippen LogP contribution is 2.23. The number of aromatic nitrogens is 2. The van der Waals surface area contributed by atoms with Crippen molar-refractivity contribution >= 4 is 11.6 Å². The third kappa shape index (κ3) is 3.98. The van der Waals surface area contributed by atoms with Crippen molar-refractivity contribution in [3.8, 4) is 17.5 Å². The number of hydrogen-bond donors (Lipinski definition) is 1. The number of nitrogens with one attached hydrogen (secondary N) is 1. The maximum Gasteiger partial charge on any atom is 0.265 e. The Morgan fingerprint density at radius 3 is 2.44 bits per heavy atom. The first-order valence-electron chi connectivity index (χ1n) is 8.59. The molecule has 1 unspecified atom stereocenters. The van der Waals surface area contributed by atoms with Crippen LogP contribution in [0.5, 0.6) is 5.75 Å². The molecule has 0 saturated heterocycles. The van der Waals surface area contributed by atoms with Crippen molar-refractivity contribution in [3.63, 3.8) is 0 Å². The predicted octanol–water partition coefficient (Wildman–Crippen LogP) is 3.77. The van der Waals surface area contributed by atoms with Gasteiger partial charge in [0.15, 0.2) is 6.10 Å². The molecule has 0 spiro atoms. The molecule has 2 aromatic carbocycles. The Balaban J connectivity index is 1.73. The molecule has 3 rings (SSSR count). The van der Waals surface area contributed by atoms with E-state index in [0.29, 0.717) is 17.0 Å². The van der Waals surface area contributed by atoms with Gasteiger partial charge >= 0.3 is 0 Å². The lowest BCUT2D eigenvalue weighted by Gasteiger charge is -2.15. The summed E-state index contributed by atoms with van der Waals surface area (Å²) in [5.41, 5.74) is 3.73. The van der Waals surface area contributed by atoms with Gasteiger partial charge in [-0.2, -0.15) is 10.4 Å². The highest BCUT2D eigenvalue weighted by Gasteiger charge is 2.20. The minimum absolute atomic E-state index is 0.266. The van der Waals surface area contributed by atoms with Crippen LogP contribution in [0.25, 0.3) is 5.69 Å². The molecule has 1 aromatic heterocycles. The first kappa shape index (κ1) is 18.2. The highest BCUT2D eigenvalue weighted by molar-refractivity contribution is 5.95. The zero-order valence-corrected chi connectivity index (χ0v) is 15.4. The van der Waals surface area contributed by atoms with Crippen LogP contribution in [0.2, 0.25) is 0 Å². The van der Waals surface area contributed by atoms with Gasteiger partial charge in [0, 0.05) is 0 Å². The van der Waals surface area contributed by atoms with Crippen molar-refractivity contribution < 1.29 is 9.53 Å².